The molecule has 4 rings (SSSR count). The summed E-state index contributed by atoms with van der Waals surface area (Å²) < 4.78 is 0. The van der Waals surface area contributed by atoms with Crippen LogP contribution in [0, 0.1) is 11.8 Å². The third-order valence-electron chi connectivity index (χ3n) is 7.64. The Labute approximate surface area is 200 Å². The van der Waals surface area contributed by atoms with Crippen molar-refractivity contribution in [1.82, 2.24) is 20.5 Å². The number of rotatable bonds is 9. The maximum Gasteiger partial charge on any atom is 0.243 e. The van der Waals surface area contributed by atoms with Crippen LogP contribution >= 0.6 is 11.3 Å². The maximum atomic E-state index is 13.6. The number of carbonyl (C=O) groups excluding carboxylic acids is 3. The third-order valence-corrected chi connectivity index (χ3v) is 8.23. The number of Topliss-reactive ketones (excluding diaryl/α,β-unsaturated/α-hetero) is 1. The molecule has 1 saturated carbocycles. The quantitative estimate of drug-likeness (QED) is 0.372. The van der Waals surface area contributed by atoms with E-state index in [2.05, 4.69) is 15.6 Å². The number of aromatic nitrogens is 1. The van der Waals surface area contributed by atoms with E-state index in [9.17, 15) is 14.4 Å². The van der Waals surface area contributed by atoms with E-state index < -0.39 is 12.1 Å². The highest BCUT2D eigenvalue weighted by molar-refractivity contribution is 7.07. The lowest BCUT2D eigenvalue weighted by atomic mass is 9.71. The molecule has 2 aliphatic heterocycles. The van der Waals surface area contributed by atoms with Crippen LogP contribution in [0.2, 0.25) is 0 Å². The number of fused-ring (bicyclic) bond motifs is 1. The Morgan fingerprint density at radius 2 is 2.03 bits per heavy atom. The molecule has 3 aliphatic rings. The molecule has 0 spiro atoms. The van der Waals surface area contributed by atoms with E-state index in [0.717, 1.165) is 38.6 Å². The van der Waals surface area contributed by atoms with Crippen LogP contribution in [0.1, 0.15) is 74.7 Å². The molecule has 3 unspecified atom stereocenters. The molecule has 3 heterocycles. The van der Waals surface area contributed by atoms with Gasteiger partial charge < -0.3 is 21.3 Å². The molecule has 182 valence electrons. The van der Waals surface area contributed by atoms with E-state index in [-0.39, 0.29) is 23.6 Å². The van der Waals surface area contributed by atoms with Crippen molar-refractivity contribution in [3.63, 3.8) is 0 Å². The second-order valence-electron chi connectivity index (χ2n) is 9.70. The molecule has 2 saturated heterocycles. The number of hydrogen-bond acceptors (Lipinski definition) is 7. The molecule has 1 aromatic rings. The molecule has 8 nitrogen and oxygen atoms in total. The highest BCUT2D eigenvalue weighted by Gasteiger charge is 2.44. The number of nitrogens with one attached hydrogen (secondary N) is 2. The fourth-order valence-electron chi connectivity index (χ4n) is 5.90. The van der Waals surface area contributed by atoms with Gasteiger partial charge in [0.1, 0.15) is 11.7 Å². The van der Waals surface area contributed by atoms with Gasteiger partial charge in [0.15, 0.2) is 0 Å². The summed E-state index contributed by atoms with van der Waals surface area (Å²) in [6.07, 6.45) is 9.39. The van der Waals surface area contributed by atoms with E-state index in [1.165, 1.54) is 30.6 Å². The SMILES string of the molecule is NCCCCC(NC(=O)[C@H]1CCCN1C(=O)[C@H]1NCCC2CCCCC21)C(=O)c1cscn1. The number of nitrogens with zero attached hydrogens (tertiary/aromatic N) is 2. The van der Waals surface area contributed by atoms with Gasteiger partial charge in [-0.2, -0.15) is 0 Å². The van der Waals surface area contributed by atoms with Gasteiger partial charge in [-0.05, 0) is 69.9 Å². The number of thiazole rings is 1. The van der Waals surface area contributed by atoms with Crippen molar-refractivity contribution >= 4 is 28.9 Å². The summed E-state index contributed by atoms with van der Waals surface area (Å²) in [6.45, 7) is 2.02. The molecular weight excluding hydrogens is 438 g/mol. The first kappa shape index (κ1) is 24.3. The van der Waals surface area contributed by atoms with Crippen LogP contribution in [0.3, 0.4) is 0 Å². The van der Waals surface area contributed by atoms with E-state index in [0.29, 0.717) is 43.5 Å². The largest absolute Gasteiger partial charge is 0.344 e. The molecule has 2 amide bonds. The summed E-state index contributed by atoms with van der Waals surface area (Å²) >= 11 is 1.36. The number of carbonyl (C=O) groups is 3. The lowest BCUT2D eigenvalue weighted by Crippen LogP contribution is -2.59. The summed E-state index contributed by atoms with van der Waals surface area (Å²) in [7, 11) is 0. The summed E-state index contributed by atoms with van der Waals surface area (Å²) in [4.78, 5) is 45.8. The highest BCUT2D eigenvalue weighted by Crippen LogP contribution is 2.38. The van der Waals surface area contributed by atoms with E-state index >= 15 is 0 Å². The number of likely N-dealkylation sites (tertiary alicyclic amines) is 1. The first-order valence-electron chi connectivity index (χ1n) is 12.6. The van der Waals surface area contributed by atoms with Gasteiger partial charge in [0.25, 0.3) is 0 Å². The van der Waals surface area contributed by atoms with Crippen LogP contribution in [-0.4, -0.2) is 65.2 Å². The van der Waals surface area contributed by atoms with Crippen molar-refractivity contribution in [2.24, 2.45) is 17.6 Å². The van der Waals surface area contributed by atoms with E-state index in [1.807, 2.05) is 0 Å². The van der Waals surface area contributed by atoms with Crippen LogP contribution in [0.4, 0.5) is 0 Å². The minimum Gasteiger partial charge on any atom is -0.344 e. The van der Waals surface area contributed by atoms with Crippen molar-refractivity contribution < 1.29 is 14.4 Å². The average Bonchev–Trinajstić information content (AvgIpc) is 3.55. The van der Waals surface area contributed by atoms with Gasteiger partial charge in [-0.1, -0.05) is 19.3 Å². The minimum absolute atomic E-state index is 0.0646. The van der Waals surface area contributed by atoms with Crippen molar-refractivity contribution in [2.75, 3.05) is 19.6 Å². The number of unbranched alkanes of at least 4 members (excludes halogenated alkanes) is 1. The Morgan fingerprint density at radius 3 is 2.82 bits per heavy atom. The topological polar surface area (TPSA) is 117 Å². The maximum absolute atomic E-state index is 13.6. The van der Waals surface area contributed by atoms with Crippen molar-refractivity contribution in [2.45, 2.75) is 82.3 Å². The first-order valence-corrected chi connectivity index (χ1v) is 13.5. The molecule has 9 heteroatoms. The zero-order chi connectivity index (χ0) is 23.2. The molecule has 1 aliphatic carbocycles. The van der Waals surface area contributed by atoms with Gasteiger partial charge in [-0.25, -0.2) is 4.98 Å². The summed E-state index contributed by atoms with van der Waals surface area (Å²) in [6, 6.07) is -1.34. The van der Waals surface area contributed by atoms with Gasteiger partial charge in [-0.3, -0.25) is 14.4 Å². The summed E-state index contributed by atoms with van der Waals surface area (Å²) in [5, 5.41) is 8.15. The zero-order valence-corrected chi connectivity index (χ0v) is 20.2. The summed E-state index contributed by atoms with van der Waals surface area (Å²) in [5.74, 6) is 0.662. The highest BCUT2D eigenvalue weighted by atomic mass is 32.1. The molecular formula is C24H37N5O3S. The Hall–Kier alpha value is -1.84. The lowest BCUT2D eigenvalue weighted by molar-refractivity contribution is -0.142. The van der Waals surface area contributed by atoms with Crippen molar-refractivity contribution in [3.05, 3.63) is 16.6 Å². The zero-order valence-electron chi connectivity index (χ0n) is 19.3. The molecule has 5 atom stereocenters. The number of piperidine rings is 1. The molecule has 0 radical (unpaired) electrons. The smallest absolute Gasteiger partial charge is 0.243 e. The second-order valence-corrected chi connectivity index (χ2v) is 10.4. The number of hydrogen-bond donors (Lipinski definition) is 3. The van der Waals surface area contributed by atoms with Crippen LogP contribution < -0.4 is 16.4 Å². The Balaban J connectivity index is 1.43. The van der Waals surface area contributed by atoms with Gasteiger partial charge in [0.2, 0.25) is 17.6 Å². The Morgan fingerprint density at radius 1 is 1.18 bits per heavy atom. The van der Waals surface area contributed by atoms with Gasteiger partial charge in [0.05, 0.1) is 17.6 Å². The average molecular weight is 476 g/mol. The predicted octanol–water partition coefficient (Wildman–Crippen LogP) is 2.10. The van der Waals surface area contributed by atoms with E-state index in [1.54, 1.807) is 15.8 Å². The molecule has 1 aromatic heterocycles. The molecule has 0 bridgehead atoms. The fraction of sp³-hybridized carbons (Fsp3) is 0.750. The van der Waals surface area contributed by atoms with Crippen LogP contribution in [0.25, 0.3) is 0 Å². The van der Waals surface area contributed by atoms with Gasteiger partial charge in [-0.15, -0.1) is 11.3 Å². The first-order chi connectivity index (χ1) is 16.1. The molecule has 3 fully saturated rings. The molecule has 0 aromatic carbocycles. The van der Waals surface area contributed by atoms with Crippen molar-refractivity contribution in [1.29, 1.82) is 0 Å². The summed E-state index contributed by atoms with van der Waals surface area (Å²) in [5.41, 5.74) is 7.63. The van der Waals surface area contributed by atoms with Gasteiger partial charge >= 0.3 is 0 Å². The molecule has 33 heavy (non-hydrogen) atoms. The standard InChI is InChI=1S/C24H37N5O3S/c25-11-4-3-8-18(22(30)19-14-33-15-27-19)28-23(31)20-9-5-13-29(20)24(32)21-17-7-2-1-6-16(17)10-12-26-21/h14-18,20-21,26H,1-13,25H2,(H,28,31)/t16?,17?,18?,20-,21+/m1/s1. The van der Waals surface area contributed by atoms with Crippen LogP contribution in [0.5, 0.6) is 0 Å². The number of ketones is 1. The number of amides is 2. The number of nitrogens with two attached hydrogens (primary N) is 1. The second kappa shape index (κ2) is 11.5. The van der Waals surface area contributed by atoms with Crippen molar-refractivity contribution in [3.8, 4) is 0 Å². The predicted molar refractivity (Wildman–Crippen MR) is 128 cm³/mol. The van der Waals surface area contributed by atoms with Gasteiger partial charge in [0, 0.05) is 11.9 Å². The molecule has 4 N–H and O–H groups in total. The normalized spacial score (nSPS) is 28.2. The fourth-order valence-corrected chi connectivity index (χ4v) is 6.44. The third kappa shape index (κ3) is 5.63. The van der Waals surface area contributed by atoms with Crippen LogP contribution in [0.15, 0.2) is 10.9 Å². The Bertz CT molecular complexity index is 815. The van der Waals surface area contributed by atoms with E-state index in [4.69, 9.17) is 5.73 Å². The lowest BCUT2D eigenvalue weighted by Gasteiger charge is -2.43. The van der Waals surface area contributed by atoms with Crippen LogP contribution in [-0.2, 0) is 9.59 Å². The minimum atomic E-state index is -0.640. The Kier molecular flexibility index (Phi) is 8.49. The monoisotopic (exact) mass is 475 g/mol.